The molecule has 5 nitrogen and oxygen atoms in total. The van der Waals surface area contributed by atoms with Crippen LogP contribution in [0, 0.1) is 11.6 Å². The fraction of sp³-hybridized carbons (Fsp3) is 0.200. The zero-order chi connectivity index (χ0) is 21.9. The van der Waals surface area contributed by atoms with Crippen molar-refractivity contribution in [2.75, 3.05) is 26.3 Å². The number of ether oxygens (including phenoxy) is 1. The van der Waals surface area contributed by atoms with Gasteiger partial charge in [-0.25, -0.2) is 13.5 Å². The lowest BCUT2D eigenvalue weighted by Crippen LogP contribution is -2.35. The van der Waals surface area contributed by atoms with E-state index in [1.54, 1.807) is 41.3 Å². The van der Waals surface area contributed by atoms with Crippen LogP contribution in [0.4, 0.5) is 8.78 Å². The number of halogens is 2. The molecule has 0 N–H and O–H groups in total. The number of rotatable bonds is 5. The van der Waals surface area contributed by atoms with E-state index in [1.165, 1.54) is 18.2 Å². The molecule has 162 valence electrons. The minimum Gasteiger partial charge on any atom is -0.379 e. The van der Waals surface area contributed by atoms with Crippen LogP contribution in [-0.2, 0) is 11.3 Å². The molecule has 0 amide bonds. The highest BCUT2D eigenvalue weighted by Crippen LogP contribution is 2.30. The molecule has 4 aromatic rings. The average molecular weight is 432 g/mol. The van der Waals surface area contributed by atoms with Crippen molar-refractivity contribution < 1.29 is 13.5 Å². The van der Waals surface area contributed by atoms with Crippen molar-refractivity contribution in [2.45, 2.75) is 6.54 Å². The molecule has 0 aliphatic carbocycles. The second-order valence-electron chi connectivity index (χ2n) is 7.71. The second-order valence-corrected chi connectivity index (χ2v) is 7.71. The first-order chi connectivity index (χ1) is 15.7. The van der Waals surface area contributed by atoms with Gasteiger partial charge in [-0.1, -0.05) is 12.1 Å². The number of hydrogen-bond acceptors (Lipinski definition) is 4. The summed E-state index contributed by atoms with van der Waals surface area (Å²) in [5.74, 6) is -0.586. The summed E-state index contributed by atoms with van der Waals surface area (Å²) in [6, 6.07) is 16.7. The number of morpholine rings is 1. The van der Waals surface area contributed by atoms with Crippen molar-refractivity contribution in [3.63, 3.8) is 0 Å². The van der Waals surface area contributed by atoms with Crippen molar-refractivity contribution in [3.8, 4) is 28.2 Å². The van der Waals surface area contributed by atoms with E-state index >= 15 is 0 Å². The minimum absolute atomic E-state index is 0.288. The van der Waals surface area contributed by atoms with Crippen LogP contribution < -0.4 is 0 Å². The van der Waals surface area contributed by atoms with Gasteiger partial charge in [0.05, 0.1) is 42.7 Å². The number of aromatic nitrogens is 3. The van der Waals surface area contributed by atoms with Gasteiger partial charge in [-0.3, -0.25) is 9.88 Å². The summed E-state index contributed by atoms with van der Waals surface area (Å²) in [6.07, 6.45) is 3.50. The average Bonchev–Trinajstić information content (AvgIpc) is 3.24. The molecule has 1 saturated heterocycles. The molecule has 0 spiro atoms. The van der Waals surface area contributed by atoms with Crippen LogP contribution in [0.25, 0.3) is 28.2 Å². The summed E-state index contributed by atoms with van der Waals surface area (Å²) in [5, 5.41) is 4.59. The summed E-state index contributed by atoms with van der Waals surface area (Å²) < 4.78 is 35.2. The Labute approximate surface area is 184 Å². The third-order valence-corrected chi connectivity index (χ3v) is 5.60. The molecular weight excluding hydrogens is 410 g/mol. The van der Waals surface area contributed by atoms with Crippen molar-refractivity contribution in [1.29, 1.82) is 0 Å². The van der Waals surface area contributed by atoms with Crippen LogP contribution in [-0.4, -0.2) is 46.0 Å². The van der Waals surface area contributed by atoms with Crippen molar-refractivity contribution in [1.82, 2.24) is 19.7 Å². The Balaban J connectivity index is 1.53. The molecule has 32 heavy (non-hydrogen) atoms. The molecule has 7 heteroatoms. The summed E-state index contributed by atoms with van der Waals surface area (Å²) >= 11 is 0. The highest BCUT2D eigenvalue weighted by atomic mass is 19.1. The predicted molar refractivity (Wildman–Crippen MR) is 118 cm³/mol. The van der Waals surface area contributed by atoms with E-state index < -0.39 is 0 Å². The molecule has 2 aromatic heterocycles. The zero-order valence-electron chi connectivity index (χ0n) is 17.4. The van der Waals surface area contributed by atoms with Gasteiger partial charge in [-0.15, -0.1) is 0 Å². The Morgan fingerprint density at radius 2 is 1.66 bits per heavy atom. The third-order valence-electron chi connectivity index (χ3n) is 5.60. The second kappa shape index (κ2) is 8.98. The van der Waals surface area contributed by atoms with Gasteiger partial charge in [0.25, 0.3) is 0 Å². The summed E-state index contributed by atoms with van der Waals surface area (Å²) in [4.78, 5) is 6.82. The van der Waals surface area contributed by atoms with Gasteiger partial charge in [0.15, 0.2) is 0 Å². The number of pyridine rings is 1. The van der Waals surface area contributed by atoms with Gasteiger partial charge in [0.1, 0.15) is 11.6 Å². The van der Waals surface area contributed by atoms with Crippen molar-refractivity contribution >= 4 is 0 Å². The van der Waals surface area contributed by atoms with E-state index in [2.05, 4.69) is 15.0 Å². The third kappa shape index (κ3) is 4.17. The normalized spacial score (nSPS) is 14.6. The highest BCUT2D eigenvalue weighted by molar-refractivity contribution is 5.67. The Morgan fingerprint density at radius 1 is 0.875 bits per heavy atom. The van der Waals surface area contributed by atoms with Crippen LogP contribution in [0.3, 0.4) is 0 Å². The summed E-state index contributed by atoms with van der Waals surface area (Å²) in [7, 11) is 0. The molecule has 0 atom stereocenters. The van der Waals surface area contributed by atoms with E-state index in [0.29, 0.717) is 31.0 Å². The topological polar surface area (TPSA) is 43.2 Å². The molecule has 0 radical (unpaired) electrons. The predicted octanol–water partition coefficient (Wildman–Crippen LogP) is 4.71. The first-order valence-electron chi connectivity index (χ1n) is 10.5. The molecule has 5 rings (SSSR count). The van der Waals surface area contributed by atoms with E-state index in [1.807, 2.05) is 18.2 Å². The molecule has 2 aromatic carbocycles. The van der Waals surface area contributed by atoms with Gasteiger partial charge in [0.2, 0.25) is 0 Å². The Morgan fingerprint density at radius 3 is 2.38 bits per heavy atom. The largest absolute Gasteiger partial charge is 0.379 e. The first kappa shape index (κ1) is 20.5. The monoisotopic (exact) mass is 432 g/mol. The molecule has 0 unspecified atom stereocenters. The maximum absolute atomic E-state index is 14.8. The van der Waals surface area contributed by atoms with E-state index in [4.69, 9.17) is 4.74 Å². The minimum atomic E-state index is -0.298. The van der Waals surface area contributed by atoms with Crippen molar-refractivity contribution in [3.05, 3.63) is 90.3 Å². The van der Waals surface area contributed by atoms with E-state index in [-0.39, 0.29) is 11.6 Å². The number of hydrogen-bond donors (Lipinski definition) is 0. The quantitative estimate of drug-likeness (QED) is 0.458. The van der Waals surface area contributed by atoms with Crippen molar-refractivity contribution in [2.24, 2.45) is 0 Å². The van der Waals surface area contributed by atoms with Gasteiger partial charge in [0, 0.05) is 36.3 Å². The standard InChI is InChI=1S/C25H22F2N4O/c26-20-7-5-18(6-8-20)24-10-9-21(16-28-24)31-25(22-3-1-2-4-23(22)27)19(15-29-31)17-30-11-13-32-14-12-30/h1-10,15-16H,11-14,17H2. The lowest BCUT2D eigenvalue weighted by molar-refractivity contribution is 0.0342. The zero-order valence-corrected chi connectivity index (χ0v) is 17.4. The summed E-state index contributed by atoms with van der Waals surface area (Å²) in [5.41, 5.74) is 4.42. The van der Waals surface area contributed by atoms with Crippen LogP contribution in [0.15, 0.2) is 73.1 Å². The van der Waals surface area contributed by atoms with E-state index in [9.17, 15) is 8.78 Å². The SMILES string of the molecule is Fc1ccc(-c2ccc(-n3ncc(CN4CCOCC4)c3-c3ccccc3F)cn2)cc1. The highest BCUT2D eigenvalue weighted by Gasteiger charge is 2.20. The molecular formula is C25H22F2N4O. The molecule has 1 aliphatic heterocycles. The Bertz CT molecular complexity index is 1200. The van der Waals surface area contributed by atoms with Gasteiger partial charge >= 0.3 is 0 Å². The maximum atomic E-state index is 14.8. The molecule has 1 fully saturated rings. The fourth-order valence-electron chi connectivity index (χ4n) is 3.94. The Hall–Kier alpha value is -3.42. The van der Waals surface area contributed by atoms with Crippen LogP contribution in [0.2, 0.25) is 0 Å². The van der Waals surface area contributed by atoms with Crippen LogP contribution in [0.5, 0.6) is 0 Å². The fourth-order valence-corrected chi connectivity index (χ4v) is 3.94. The lowest BCUT2D eigenvalue weighted by atomic mass is 10.1. The molecule has 3 heterocycles. The lowest BCUT2D eigenvalue weighted by Gasteiger charge is -2.26. The van der Waals surface area contributed by atoms with Gasteiger partial charge in [-0.05, 0) is 48.5 Å². The van der Waals surface area contributed by atoms with E-state index in [0.717, 1.165) is 35.6 Å². The number of nitrogens with zero attached hydrogens (tertiary/aromatic N) is 4. The smallest absolute Gasteiger partial charge is 0.132 e. The molecule has 0 bridgehead atoms. The van der Waals surface area contributed by atoms with Crippen LogP contribution in [0.1, 0.15) is 5.56 Å². The summed E-state index contributed by atoms with van der Waals surface area (Å²) in [6.45, 7) is 3.70. The van der Waals surface area contributed by atoms with Gasteiger partial charge < -0.3 is 4.74 Å². The molecule has 1 aliphatic rings. The maximum Gasteiger partial charge on any atom is 0.132 e. The van der Waals surface area contributed by atoms with Gasteiger partial charge in [-0.2, -0.15) is 5.10 Å². The van der Waals surface area contributed by atoms with Crippen LogP contribution >= 0.6 is 0 Å². The number of benzene rings is 2. The first-order valence-corrected chi connectivity index (χ1v) is 10.5. The Kier molecular flexibility index (Phi) is 5.75. The molecule has 0 saturated carbocycles.